The van der Waals surface area contributed by atoms with Gasteiger partial charge in [-0.2, -0.15) is 0 Å². The minimum Gasteiger partial charge on any atom is -0.298 e. The van der Waals surface area contributed by atoms with E-state index in [-0.39, 0.29) is 0 Å². The first-order valence-electron chi connectivity index (χ1n) is 7.77. The highest BCUT2D eigenvalue weighted by molar-refractivity contribution is 7.98. The van der Waals surface area contributed by atoms with Gasteiger partial charge in [-0.3, -0.25) is 4.57 Å². The largest absolute Gasteiger partial charge is 0.298 e. The summed E-state index contributed by atoms with van der Waals surface area (Å²) in [5, 5.41) is 10.8. The zero-order valence-electron chi connectivity index (χ0n) is 13.7. The summed E-state index contributed by atoms with van der Waals surface area (Å²) >= 11 is 13.7. The fourth-order valence-corrected chi connectivity index (χ4v) is 3.70. The highest BCUT2D eigenvalue weighted by Gasteiger charge is 2.15. The van der Waals surface area contributed by atoms with Gasteiger partial charge < -0.3 is 0 Å². The summed E-state index contributed by atoms with van der Waals surface area (Å²) in [6.45, 7) is 6.58. The first-order valence-corrected chi connectivity index (χ1v) is 9.51. The Morgan fingerprint density at radius 3 is 2.64 bits per heavy atom. The predicted octanol–water partition coefficient (Wildman–Crippen LogP) is 6.04. The number of nitrogens with zero attached hydrogens (tertiary/aromatic N) is 3. The molecule has 0 amide bonds. The van der Waals surface area contributed by atoms with Gasteiger partial charge in [0.1, 0.15) is 0 Å². The molecule has 0 fully saturated rings. The lowest BCUT2D eigenvalue weighted by Crippen LogP contribution is -2.01. The van der Waals surface area contributed by atoms with E-state index in [4.69, 9.17) is 23.2 Å². The smallest absolute Gasteiger partial charge is 0.192 e. The zero-order chi connectivity index (χ0) is 17.8. The standard InChI is InChI=1S/C19H17Cl2N3S/c1-3-10-24-18(15-7-5-4-6-13(15)2)22-23-19(24)25-12-14-8-9-16(20)17(21)11-14/h3-9,11H,1,10,12H2,2H3. The number of thioether (sulfide) groups is 1. The maximum atomic E-state index is 6.09. The maximum Gasteiger partial charge on any atom is 0.192 e. The van der Waals surface area contributed by atoms with Crippen molar-refractivity contribution in [3.05, 3.63) is 76.3 Å². The normalized spacial score (nSPS) is 10.8. The number of aryl methyl sites for hydroxylation is 1. The molecule has 3 nitrogen and oxygen atoms in total. The van der Waals surface area contributed by atoms with Crippen molar-refractivity contribution in [3.63, 3.8) is 0 Å². The van der Waals surface area contributed by atoms with Crippen LogP contribution < -0.4 is 0 Å². The van der Waals surface area contributed by atoms with Crippen LogP contribution in [0.2, 0.25) is 10.0 Å². The van der Waals surface area contributed by atoms with Gasteiger partial charge in [0.05, 0.1) is 10.0 Å². The minimum atomic E-state index is 0.562. The number of rotatable bonds is 6. The Balaban J connectivity index is 1.88. The molecule has 3 rings (SSSR count). The van der Waals surface area contributed by atoms with Crippen LogP contribution in [0.5, 0.6) is 0 Å². The van der Waals surface area contributed by atoms with Gasteiger partial charge in [0.15, 0.2) is 11.0 Å². The van der Waals surface area contributed by atoms with Gasteiger partial charge in [-0.1, -0.05) is 71.4 Å². The van der Waals surface area contributed by atoms with Crippen LogP contribution >= 0.6 is 35.0 Å². The van der Waals surface area contributed by atoms with E-state index >= 15 is 0 Å². The summed E-state index contributed by atoms with van der Waals surface area (Å²) in [7, 11) is 0. The van der Waals surface area contributed by atoms with Crippen LogP contribution in [-0.4, -0.2) is 14.8 Å². The van der Waals surface area contributed by atoms with E-state index in [0.717, 1.165) is 27.9 Å². The molecule has 25 heavy (non-hydrogen) atoms. The van der Waals surface area contributed by atoms with Crippen molar-refractivity contribution >= 4 is 35.0 Å². The lowest BCUT2D eigenvalue weighted by atomic mass is 10.1. The molecule has 6 heteroatoms. The van der Waals surface area contributed by atoms with E-state index in [1.54, 1.807) is 11.8 Å². The number of halogens is 2. The fourth-order valence-electron chi connectivity index (χ4n) is 2.49. The summed E-state index contributed by atoms with van der Waals surface area (Å²) in [4.78, 5) is 0. The number of allylic oxidation sites excluding steroid dienone is 1. The summed E-state index contributed by atoms with van der Waals surface area (Å²) < 4.78 is 2.08. The molecule has 2 aromatic carbocycles. The first-order chi connectivity index (χ1) is 12.1. The second-order valence-corrected chi connectivity index (χ2v) is 7.31. The van der Waals surface area contributed by atoms with Crippen molar-refractivity contribution in [2.24, 2.45) is 0 Å². The Morgan fingerprint density at radius 1 is 1.12 bits per heavy atom. The predicted molar refractivity (Wildman–Crippen MR) is 106 cm³/mol. The molecule has 3 aromatic rings. The highest BCUT2D eigenvalue weighted by atomic mass is 35.5. The van der Waals surface area contributed by atoms with Crippen LogP contribution in [0.3, 0.4) is 0 Å². The van der Waals surface area contributed by atoms with E-state index in [1.807, 2.05) is 36.4 Å². The lowest BCUT2D eigenvalue weighted by molar-refractivity contribution is 0.731. The van der Waals surface area contributed by atoms with Crippen molar-refractivity contribution in [1.29, 1.82) is 0 Å². The average Bonchev–Trinajstić information content (AvgIpc) is 2.99. The molecular formula is C19H17Cl2N3S. The highest BCUT2D eigenvalue weighted by Crippen LogP contribution is 2.30. The molecule has 0 aliphatic carbocycles. The molecular weight excluding hydrogens is 373 g/mol. The van der Waals surface area contributed by atoms with Gasteiger partial charge in [-0.25, -0.2) is 0 Å². The summed E-state index contributed by atoms with van der Waals surface area (Å²) in [5.41, 5.74) is 3.34. The maximum absolute atomic E-state index is 6.09. The number of hydrogen-bond acceptors (Lipinski definition) is 3. The molecule has 0 N–H and O–H groups in total. The van der Waals surface area contributed by atoms with E-state index in [2.05, 4.69) is 40.4 Å². The lowest BCUT2D eigenvalue weighted by Gasteiger charge is -2.09. The molecule has 1 heterocycles. The topological polar surface area (TPSA) is 30.7 Å². The molecule has 0 bridgehead atoms. The van der Waals surface area contributed by atoms with E-state index < -0.39 is 0 Å². The zero-order valence-corrected chi connectivity index (χ0v) is 16.1. The Kier molecular flexibility index (Phi) is 5.84. The third-order valence-electron chi connectivity index (χ3n) is 3.77. The molecule has 0 unspecified atom stereocenters. The van der Waals surface area contributed by atoms with Crippen molar-refractivity contribution in [2.75, 3.05) is 0 Å². The second kappa shape index (κ2) is 8.09. The van der Waals surface area contributed by atoms with Crippen LogP contribution in [0, 0.1) is 6.92 Å². The van der Waals surface area contributed by atoms with E-state index in [9.17, 15) is 0 Å². The average molecular weight is 390 g/mol. The van der Waals surface area contributed by atoms with Gasteiger partial charge >= 0.3 is 0 Å². The van der Waals surface area contributed by atoms with Crippen molar-refractivity contribution in [2.45, 2.75) is 24.4 Å². The van der Waals surface area contributed by atoms with Crippen LogP contribution in [0.25, 0.3) is 11.4 Å². The van der Waals surface area contributed by atoms with Gasteiger partial charge in [0.25, 0.3) is 0 Å². The molecule has 128 valence electrons. The fraction of sp³-hybridized carbons (Fsp3) is 0.158. The van der Waals surface area contributed by atoms with E-state index in [0.29, 0.717) is 16.6 Å². The van der Waals surface area contributed by atoms with Crippen LogP contribution in [-0.2, 0) is 12.3 Å². The Hall–Kier alpha value is -1.75. The molecule has 1 aromatic heterocycles. The Labute approximate surface area is 161 Å². The molecule has 0 atom stereocenters. The van der Waals surface area contributed by atoms with Crippen molar-refractivity contribution in [1.82, 2.24) is 14.8 Å². The van der Waals surface area contributed by atoms with Gasteiger partial charge in [-0.05, 0) is 30.2 Å². The minimum absolute atomic E-state index is 0.562. The number of aromatic nitrogens is 3. The third-order valence-corrected chi connectivity index (χ3v) is 5.54. The van der Waals surface area contributed by atoms with Crippen LogP contribution in [0.1, 0.15) is 11.1 Å². The van der Waals surface area contributed by atoms with Gasteiger partial charge in [0, 0.05) is 17.9 Å². The SMILES string of the molecule is C=CCn1c(SCc2ccc(Cl)c(Cl)c2)nnc1-c1ccccc1C. The number of benzene rings is 2. The molecule has 0 aliphatic heterocycles. The second-order valence-electron chi connectivity index (χ2n) is 5.56. The monoisotopic (exact) mass is 389 g/mol. The Bertz CT molecular complexity index is 905. The number of hydrogen-bond donors (Lipinski definition) is 0. The van der Waals surface area contributed by atoms with Crippen molar-refractivity contribution in [3.8, 4) is 11.4 Å². The summed E-state index contributed by atoms with van der Waals surface area (Å²) in [6, 6.07) is 13.8. The van der Waals surface area contributed by atoms with Gasteiger partial charge in [0.2, 0.25) is 0 Å². The van der Waals surface area contributed by atoms with Gasteiger partial charge in [-0.15, -0.1) is 16.8 Å². The van der Waals surface area contributed by atoms with Crippen LogP contribution in [0.15, 0.2) is 60.3 Å². The van der Waals surface area contributed by atoms with Crippen molar-refractivity contribution < 1.29 is 0 Å². The van der Waals surface area contributed by atoms with E-state index in [1.165, 1.54) is 5.56 Å². The quantitative estimate of drug-likeness (QED) is 0.380. The first kappa shape index (κ1) is 18.1. The summed E-state index contributed by atoms with van der Waals surface area (Å²) in [6.07, 6.45) is 1.86. The molecule has 0 radical (unpaired) electrons. The third kappa shape index (κ3) is 4.09. The molecule has 0 saturated carbocycles. The Morgan fingerprint density at radius 2 is 1.92 bits per heavy atom. The molecule has 0 saturated heterocycles. The molecule has 0 spiro atoms. The van der Waals surface area contributed by atoms with Crippen LogP contribution in [0.4, 0.5) is 0 Å². The molecule has 0 aliphatic rings. The summed E-state index contributed by atoms with van der Waals surface area (Å²) in [5.74, 6) is 1.59.